The zero-order valence-corrected chi connectivity index (χ0v) is 15.8. The van der Waals surface area contributed by atoms with Crippen LogP contribution in [0.25, 0.3) is 0 Å². The van der Waals surface area contributed by atoms with Gasteiger partial charge in [0.25, 0.3) is 0 Å². The Morgan fingerprint density at radius 2 is 2.07 bits per heavy atom. The Morgan fingerprint density at radius 1 is 1.22 bits per heavy atom. The third kappa shape index (κ3) is 4.39. The van der Waals surface area contributed by atoms with Gasteiger partial charge in [-0.05, 0) is 37.1 Å². The molecule has 1 aliphatic rings. The molecule has 0 aliphatic carbocycles. The summed E-state index contributed by atoms with van der Waals surface area (Å²) in [5.41, 5.74) is 2.11. The van der Waals surface area contributed by atoms with Crippen LogP contribution < -0.4 is 9.47 Å². The first kappa shape index (κ1) is 19.2. The third-order valence-electron chi connectivity index (χ3n) is 5.21. The number of hydrogen-bond donors (Lipinski definition) is 1. The predicted molar refractivity (Wildman–Crippen MR) is 102 cm³/mol. The summed E-state index contributed by atoms with van der Waals surface area (Å²) in [7, 11) is 3.19. The molecular formula is C21H26N2O4. The summed E-state index contributed by atoms with van der Waals surface area (Å²) in [5.74, 6) is -0.0717. The van der Waals surface area contributed by atoms with Crippen LogP contribution in [0.1, 0.15) is 23.5 Å². The van der Waals surface area contributed by atoms with E-state index < -0.39 is 11.9 Å². The van der Waals surface area contributed by atoms with Crippen LogP contribution in [0.3, 0.4) is 0 Å². The number of carbonyl (C=O) groups is 1. The molecule has 1 fully saturated rings. The zero-order chi connectivity index (χ0) is 19.2. The normalized spacial score (nSPS) is 19.8. The van der Waals surface area contributed by atoms with Gasteiger partial charge in [0.1, 0.15) is 0 Å². The molecule has 27 heavy (non-hydrogen) atoms. The highest BCUT2D eigenvalue weighted by Crippen LogP contribution is 2.41. The number of aliphatic carboxylic acids is 1. The van der Waals surface area contributed by atoms with Crippen molar-refractivity contribution in [2.45, 2.75) is 18.8 Å². The van der Waals surface area contributed by atoms with E-state index >= 15 is 0 Å². The third-order valence-corrected chi connectivity index (χ3v) is 5.21. The molecule has 3 rings (SSSR count). The van der Waals surface area contributed by atoms with Crippen LogP contribution in [-0.2, 0) is 11.2 Å². The van der Waals surface area contributed by atoms with Crippen molar-refractivity contribution in [1.29, 1.82) is 0 Å². The van der Waals surface area contributed by atoms with Crippen molar-refractivity contribution in [1.82, 2.24) is 9.88 Å². The maximum Gasteiger partial charge on any atom is 0.308 e. The number of carboxylic acid groups (broad SMARTS) is 1. The van der Waals surface area contributed by atoms with E-state index in [0.29, 0.717) is 24.6 Å². The van der Waals surface area contributed by atoms with Gasteiger partial charge in [0.15, 0.2) is 11.5 Å². The molecule has 1 aliphatic heterocycles. The Labute approximate surface area is 159 Å². The van der Waals surface area contributed by atoms with E-state index in [1.165, 1.54) is 5.56 Å². The van der Waals surface area contributed by atoms with Gasteiger partial charge >= 0.3 is 5.97 Å². The monoisotopic (exact) mass is 370 g/mol. The molecule has 2 atom stereocenters. The van der Waals surface area contributed by atoms with Gasteiger partial charge in [-0.15, -0.1) is 0 Å². The maximum absolute atomic E-state index is 11.9. The van der Waals surface area contributed by atoms with Crippen molar-refractivity contribution < 1.29 is 19.4 Å². The van der Waals surface area contributed by atoms with Crippen molar-refractivity contribution in [2.75, 3.05) is 33.9 Å². The number of para-hydroxylation sites is 1. The molecule has 144 valence electrons. The van der Waals surface area contributed by atoms with Gasteiger partial charge in [-0.25, -0.2) is 0 Å². The number of hydrogen-bond acceptors (Lipinski definition) is 5. The van der Waals surface area contributed by atoms with Crippen LogP contribution in [0.5, 0.6) is 11.5 Å². The molecule has 0 bridgehead atoms. The van der Waals surface area contributed by atoms with E-state index in [2.05, 4.69) is 16.0 Å². The van der Waals surface area contributed by atoms with Crippen LogP contribution in [0, 0.1) is 5.92 Å². The molecule has 1 saturated heterocycles. The molecule has 1 aromatic carbocycles. The van der Waals surface area contributed by atoms with Crippen LogP contribution in [0.15, 0.2) is 42.7 Å². The van der Waals surface area contributed by atoms with Gasteiger partial charge in [0.05, 0.1) is 20.1 Å². The minimum atomic E-state index is -0.764. The minimum absolute atomic E-state index is 0.119. The van der Waals surface area contributed by atoms with Gasteiger partial charge in [-0.1, -0.05) is 18.2 Å². The summed E-state index contributed by atoms with van der Waals surface area (Å²) in [6.07, 6.45) is 5.57. The lowest BCUT2D eigenvalue weighted by Crippen LogP contribution is -2.24. The van der Waals surface area contributed by atoms with Crippen LogP contribution in [0.2, 0.25) is 0 Å². The van der Waals surface area contributed by atoms with E-state index in [0.717, 1.165) is 24.9 Å². The summed E-state index contributed by atoms with van der Waals surface area (Å²) >= 11 is 0. The summed E-state index contributed by atoms with van der Waals surface area (Å²) in [6, 6.07) is 9.68. The second-order valence-electron chi connectivity index (χ2n) is 6.86. The lowest BCUT2D eigenvalue weighted by atomic mass is 9.88. The van der Waals surface area contributed by atoms with E-state index in [4.69, 9.17) is 9.47 Å². The highest BCUT2D eigenvalue weighted by Gasteiger charge is 2.40. The fraction of sp³-hybridized carbons (Fsp3) is 0.429. The van der Waals surface area contributed by atoms with Gasteiger partial charge in [-0.3, -0.25) is 9.78 Å². The van der Waals surface area contributed by atoms with E-state index in [1.54, 1.807) is 20.4 Å². The van der Waals surface area contributed by atoms with Gasteiger partial charge < -0.3 is 19.5 Å². The first-order chi connectivity index (χ1) is 13.1. The van der Waals surface area contributed by atoms with Crippen molar-refractivity contribution in [3.63, 3.8) is 0 Å². The van der Waals surface area contributed by atoms with Gasteiger partial charge in [-0.2, -0.15) is 0 Å². The van der Waals surface area contributed by atoms with Crippen molar-refractivity contribution in [3.05, 3.63) is 53.9 Å². The quantitative estimate of drug-likeness (QED) is 0.770. The molecular weight excluding hydrogens is 344 g/mol. The standard InChI is InChI=1S/C21H26N2O4/c1-26-19-9-3-8-16(20(19)27-2)17-13-23(14-18(17)21(24)25)11-5-7-15-6-4-10-22-12-15/h3-4,6,8-10,12,17-18H,5,7,11,13-14H2,1-2H3,(H,24,25)/t17-,18+/m0/s1. The molecule has 2 aromatic rings. The second-order valence-corrected chi connectivity index (χ2v) is 6.86. The lowest BCUT2D eigenvalue weighted by molar-refractivity contribution is -0.141. The highest BCUT2D eigenvalue weighted by molar-refractivity contribution is 5.73. The summed E-state index contributed by atoms with van der Waals surface area (Å²) in [4.78, 5) is 18.2. The molecule has 6 heteroatoms. The Kier molecular flexibility index (Phi) is 6.29. The molecule has 0 unspecified atom stereocenters. The Balaban J connectivity index is 1.71. The Bertz CT molecular complexity index is 766. The molecule has 0 radical (unpaired) electrons. The Hall–Kier alpha value is -2.60. The number of likely N-dealkylation sites (tertiary alicyclic amines) is 1. The highest BCUT2D eigenvalue weighted by atomic mass is 16.5. The van der Waals surface area contributed by atoms with Crippen LogP contribution >= 0.6 is 0 Å². The van der Waals surface area contributed by atoms with E-state index in [-0.39, 0.29) is 5.92 Å². The largest absolute Gasteiger partial charge is 0.493 e. The predicted octanol–water partition coefficient (Wildman–Crippen LogP) is 2.83. The molecule has 0 amide bonds. The summed E-state index contributed by atoms with van der Waals surface area (Å²) < 4.78 is 10.9. The number of nitrogens with zero attached hydrogens (tertiary/aromatic N) is 2. The molecule has 0 saturated carbocycles. The van der Waals surface area contributed by atoms with Crippen LogP contribution in [0.4, 0.5) is 0 Å². The number of aromatic nitrogens is 1. The number of aryl methyl sites for hydroxylation is 1. The average molecular weight is 370 g/mol. The van der Waals surface area contributed by atoms with E-state index in [1.807, 2.05) is 30.5 Å². The summed E-state index contributed by atoms with van der Waals surface area (Å²) in [6.45, 7) is 2.11. The van der Waals surface area contributed by atoms with Gasteiger partial charge in [0, 0.05) is 37.0 Å². The molecule has 0 spiro atoms. The number of benzene rings is 1. The number of pyridine rings is 1. The number of methoxy groups -OCH3 is 2. The molecule has 1 N–H and O–H groups in total. The lowest BCUT2D eigenvalue weighted by Gasteiger charge is -2.20. The molecule has 1 aromatic heterocycles. The second kappa shape index (κ2) is 8.86. The average Bonchev–Trinajstić information content (AvgIpc) is 3.12. The van der Waals surface area contributed by atoms with Gasteiger partial charge in [0.2, 0.25) is 0 Å². The zero-order valence-electron chi connectivity index (χ0n) is 15.8. The molecule has 6 nitrogen and oxygen atoms in total. The SMILES string of the molecule is COc1cccc([C@@H]2CN(CCCc3cccnc3)C[C@H]2C(=O)O)c1OC. The van der Waals surface area contributed by atoms with Crippen molar-refractivity contribution in [3.8, 4) is 11.5 Å². The first-order valence-corrected chi connectivity index (χ1v) is 9.19. The fourth-order valence-electron chi connectivity index (χ4n) is 3.89. The number of ether oxygens (including phenoxy) is 2. The van der Waals surface area contributed by atoms with E-state index in [9.17, 15) is 9.90 Å². The smallest absolute Gasteiger partial charge is 0.308 e. The Morgan fingerprint density at radius 3 is 2.74 bits per heavy atom. The number of rotatable bonds is 8. The topological polar surface area (TPSA) is 71.9 Å². The van der Waals surface area contributed by atoms with Crippen molar-refractivity contribution >= 4 is 5.97 Å². The molecule has 2 heterocycles. The first-order valence-electron chi connectivity index (χ1n) is 9.19. The van der Waals surface area contributed by atoms with Crippen LogP contribution in [-0.4, -0.2) is 54.8 Å². The number of carboxylic acids is 1. The summed E-state index contributed by atoms with van der Waals surface area (Å²) in [5, 5.41) is 9.75. The van der Waals surface area contributed by atoms with Crippen molar-refractivity contribution in [2.24, 2.45) is 5.92 Å². The maximum atomic E-state index is 11.9. The fourth-order valence-corrected chi connectivity index (χ4v) is 3.89. The minimum Gasteiger partial charge on any atom is -0.493 e.